The Kier molecular flexibility index (Phi) is 4.36. The summed E-state index contributed by atoms with van der Waals surface area (Å²) in [5, 5.41) is 9.73. The van der Waals surface area contributed by atoms with Gasteiger partial charge in [0.1, 0.15) is 6.54 Å². The summed E-state index contributed by atoms with van der Waals surface area (Å²) in [6.45, 7) is 0.887. The molecule has 1 saturated heterocycles. The SMILES string of the molecule is O=C(O)CN(C(=O)C1Cc2ccc(Cl)cc21)C1CCOCC1. The fraction of sp³-hybridized carbons (Fsp3) is 0.500. The highest BCUT2D eigenvalue weighted by molar-refractivity contribution is 6.30. The van der Waals surface area contributed by atoms with Crippen molar-refractivity contribution in [3.8, 4) is 0 Å². The third kappa shape index (κ3) is 2.96. The van der Waals surface area contributed by atoms with Gasteiger partial charge >= 0.3 is 5.97 Å². The third-order valence-electron chi connectivity index (χ3n) is 4.43. The Morgan fingerprint density at radius 1 is 1.32 bits per heavy atom. The maximum absolute atomic E-state index is 12.8. The number of amides is 1. The van der Waals surface area contributed by atoms with Gasteiger partial charge in [-0.1, -0.05) is 17.7 Å². The Hall–Kier alpha value is -1.59. The summed E-state index contributed by atoms with van der Waals surface area (Å²) in [4.78, 5) is 25.5. The van der Waals surface area contributed by atoms with Crippen molar-refractivity contribution in [2.24, 2.45) is 0 Å². The lowest BCUT2D eigenvalue weighted by Crippen LogP contribution is -2.49. The predicted octanol–water partition coefficient (Wildman–Crippen LogP) is 2.07. The molecule has 1 heterocycles. The molecule has 1 N–H and O–H groups in total. The summed E-state index contributed by atoms with van der Waals surface area (Å²) >= 11 is 6.00. The van der Waals surface area contributed by atoms with Crippen LogP contribution in [0.25, 0.3) is 0 Å². The van der Waals surface area contributed by atoms with Gasteiger partial charge in [0.15, 0.2) is 0 Å². The summed E-state index contributed by atoms with van der Waals surface area (Å²) in [5.41, 5.74) is 2.05. The number of carbonyl (C=O) groups excluding carboxylic acids is 1. The zero-order valence-corrected chi connectivity index (χ0v) is 12.9. The molecule has 0 saturated carbocycles. The zero-order chi connectivity index (χ0) is 15.7. The maximum Gasteiger partial charge on any atom is 0.323 e. The minimum atomic E-state index is -0.981. The van der Waals surface area contributed by atoms with Crippen molar-refractivity contribution in [1.82, 2.24) is 4.90 Å². The van der Waals surface area contributed by atoms with Gasteiger partial charge in [0.25, 0.3) is 0 Å². The molecule has 0 spiro atoms. The first kappa shape index (κ1) is 15.3. The average Bonchev–Trinajstić information content (AvgIpc) is 2.48. The number of hydrogen-bond donors (Lipinski definition) is 1. The molecule has 1 atom stereocenters. The van der Waals surface area contributed by atoms with Gasteiger partial charge in [-0.25, -0.2) is 0 Å². The molecule has 1 fully saturated rings. The van der Waals surface area contributed by atoms with Crippen LogP contribution in [0.1, 0.15) is 29.9 Å². The summed E-state index contributed by atoms with van der Waals surface area (Å²) in [7, 11) is 0. The first-order chi connectivity index (χ1) is 10.6. The highest BCUT2D eigenvalue weighted by Gasteiger charge is 2.38. The number of nitrogens with zero attached hydrogens (tertiary/aromatic N) is 1. The van der Waals surface area contributed by atoms with Crippen LogP contribution in [0.3, 0.4) is 0 Å². The molecule has 1 unspecified atom stereocenters. The largest absolute Gasteiger partial charge is 0.480 e. The van der Waals surface area contributed by atoms with Gasteiger partial charge in [-0.05, 0) is 42.5 Å². The molecule has 1 aliphatic heterocycles. The van der Waals surface area contributed by atoms with E-state index >= 15 is 0 Å². The molecule has 2 aliphatic rings. The van der Waals surface area contributed by atoms with E-state index in [-0.39, 0.29) is 24.4 Å². The lowest BCUT2D eigenvalue weighted by molar-refractivity contribution is -0.148. The van der Waals surface area contributed by atoms with Gasteiger partial charge in [0.05, 0.1) is 5.92 Å². The van der Waals surface area contributed by atoms with Gasteiger partial charge in [0, 0.05) is 24.3 Å². The third-order valence-corrected chi connectivity index (χ3v) is 4.66. The minimum absolute atomic E-state index is 0.0550. The van der Waals surface area contributed by atoms with Crippen LogP contribution >= 0.6 is 11.6 Å². The summed E-state index contributed by atoms with van der Waals surface area (Å²) in [6, 6.07) is 5.50. The summed E-state index contributed by atoms with van der Waals surface area (Å²) < 4.78 is 5.30. The highest BCUT2D eigenvalue weighted by Crippen LogP contribution is 2.38. The van der Waals surface area contributed by atoms with E-state index in [0.717, 1.165) is 11.1 Å². The first-order valence-electron chi connectivity index (χ1n) is 7.44. The minimum Gasteiger partial charge on any atom is -0.480 e. The van der Waals surface area contributed by atoms with Crippen LogP contribution in [0, 0.1) is 0 Å². The molecule has 1 aromatic carbocycles. The van der Waals surface area contributed by atoms with Gasteiger partial charge < -0.3 is 14.7 Å². The quantitative estimate of drug-likeness (QED) is 0.921. The van der Waals surface area contributed by atoms with E-state index in [0.29, 0.717) is 37.5 Å². The second-order valence-corrected chi connectivity index (χ2v) is 6.24. The van der Waals surface area contributed by atoms with E-state index in [1.54, 1.807) is 0 Å². The van der Waals surface area contributed by atoms with Crippen molar-refractivity contribution in [3.63, 3.8) is 0 Å². The van der Waals surface area contributed by atoms with E-state index in [1.165, 1.54) is 4.90 Å². The molecule has 3 rings (SSSR count). The fourth-order valence-electron chi connectivity index (χ4n) is 3.22. The molecule has 22 heavy (non-hydrogen) atoms. The van der Waals surface area contributed by atoms with Crippen LogP contribution in [0.4, 0.5) is 0 Å². The Morgan fingerprint density at radius 3 is 2.73 bits per heavy atom. The second kappa shape index (κ2) is 6.26. The molecule has 0 aromatic heterocycles. The number of carbonyl (C=O) groups is 2. The fourth-order valence-corrected chi connectivity index (χ4v) is 3.41. The normalized spacial score (nSPS) is 20.9. The van der Waals surface area contributed by atoms with Gasteiger partial charge in [-0.3, -0.25) is 9.59 Å². The van der Waals surface area contributed by atoms with Crippen LogP contribution in [0.5, 0.6) is 0 Å². The van der Waals surface area contributed by atoms with E-state index in [4.69, 9.17) is 21.4 Å². The molecule has 1 amide bonds. The number of carboxylic acids is 1. The van der Waals surface area contributed by atoms with Crippen molar-refractivity contribution in [2.75, 3.05) is 19.8 Å². The van der Waals surface area contributed by atoms with Crippen molar-refractivity contribution in [3.05, 3.63) is 34.3 Å². The molecule has 1 aliphatic carbocycles. The molecule has 118 valence electrons. The molecular weight excluding hydrogens is 306 g/mol. The van der Waals surface area contributed by atoms with Crippen molar-refractivity contribution in [2.45, 2.75) is 31.2 Å². The number of ether oxygens (including phenoxy) is 1. The van der Waals surface area contributed by atoms with Crippen LogP contribution in [-0.2, 0) is 20.7 Å². The predicted molar refractivity (Wildman–Crippen MR) is 81.1 cm³/mol. The number of carboxylic acid groups (broad SMARTS) is 1. The number of hydrogen-bond acceptors (Lipinski definition) is 3. The summed E-state index contributed by atoms with van der Waals surface area (Å²) in [6.07, 6.45) is 2.03. The summed E-state index contributed by atoms with van der Waals surface area (Å²) in [5.74, 6) is -1.36. The maximum atomic E-state index is 12.8. The molecule has 1 aromatic rings. The van der Waals surface area contributed by atoms with Crippen molar-refractivity contribution >= 4 is 23.5 Å². The standard InChI is InChI=1S/C16H18ClNO4/c17-11-2-1-10-7-14(13(10)8-11)16(21)18(9-15(19)20)12-3-5-22-6-4-12/h1-2,8,12,14H,3-7,9H2,(H,19,20). The highest BCUT2D eigenvalue weighted by atomic mass is 35.5. The van der Waals surface area contributed by atoms with Crippen molar-refractivity contribution < 1.29 is 19.4 Å². The average molecular weight is 324 g/mol. The molecule has 5 nitrogen and oxygen atoms in total. The topological polar surface area (TPSA) is 66.8 Å². The number of benzene rings is 1. The Labute approximate surface area is 133 Å². The van der Waals surface area contributed by atoms with Gasteiger partial charge in [-0.2, -0.15) is 0 Å². The molecular formula is C16H18ClNO4. The van der Waals surface area contributed by atoms with Gasteiger partial charge in [-0.15, -0.1) is 0 Å². The lowest BCUT2D eigenvalue weighted by atomic mass is 9.76. The number of halogens is 1. The van der Waals surface area contributed by atoms with Crippen LogP contribution in [0.2, 0.25) is 5.02 Å². The first-order valence-corrected chi connectivity index (χ1v) is 7.82. The molecule has 0 bridgehead atoms. The Bertz CT molecular complexity index is 598. The van der Waals surface area contributed by atoms with E-state index in [1.807, 2.05) is 18.2 Å². The second-order valence-electron chi connectivity index (χ2n) is 5.80. The zero-order valence-electron chi connectivity index (χ0n) is 12.1. The van der Waals surface area contributed by atoms with E-state index in [2.05, 4.69) is 0 Å². The number of fused-ring (bicyclic) bond motifs is 1. The Balaban J connectivity index is 1.79. The molecule has 6 heteroatoms. The molecule has 0 radical (unpaired) electrons. The lowest BCUT2D eigenvalue weighted by Gasteiger charge is -2.38. The van der Waals surface area contributed by atoms with E-state index < -0.39 is 5.97 Å². The van der Waals surface area contributed by atoms with Crippen molar-refractivity contribution in [1.29, 1.82) is 0 Å². The van der Waals surface area contributed by atoms with Crippen LogP contribution in [-0.4, -0.2) is 47.7 Å². The van der Waals surface area contributed by atoms with Gasteiger partial charge in [0.2, 0.25) is 5.91 Å². The monoisotopic (exact) mass is 323 g/mol. The number of aliphatic carboxylic acids is 1. The smallest absolute Gasteiger partial charge is 0.323 e. The van der Waals surface area contributed by atoms with Crippen LogP contribution in [0.15, 0.2) is 18.2 Å². The van der Waals surface area contributed by atoms with E-state index in [9.17, 15) is 9.59 Å². The number of rotatable bonds is 4. The van der Waals surface area contributed by atoms with Crippen LogP contribution < -0.4 is 0 Å². The Morgan fingerprint density at radius 2 is 2.05 bits per heavy atom.